The molecule has 0 N–H and O–H groups in total. The van der Waals surface area contributed by atoms with E-state index in [-0.39, 0.29) is 5.82 Å². The van der Waals surface area contributed by atoms with E-state index in [0.717, 1.165) is 25.7 Å². The number of fused-ring (bicyclic) bond motifs is 2. The van der Waals surface area contributed by atoms with Gasteiger partial charge in [-0.2, -0.15) is 5.10 Å². The van der Waals surface area contributed by atoms with Crippen molar-refractivity contribution in [3.05, 3.63) is 36.3 Å². The van der Waals surface area contributed by atoms with Crippen molar-refractivity contribution < 1.29 is 4.39 Å². The molecule has 2 saturated heterocycles. The van der Waals surface area contributed by atoms with Crippen LogP contribution in [0.15, 0.2) is 24.8 Å². The molecule has 116 valence electrons. The summed E-state index contributed by atoms with van der Waals surface area (Å²) in [6.07, 6.45) is 10.2. The summed E-state index contributed by atoms with van der Waals surface area (Å²) in [5.74, 6) is 0.262. The Labute approximate surface area is 129 Å². The Hall–Kier alpha value is -1.98. The third kappa shape index (κ3) is 2.09. The number of nitrogens with zero attached hydrogens (tertiary/aromatic N) is 5. The van der Waals surface area contributed by atoms with Crippen molar-refractivity contribution in [2.24, 2.45) is 0 Å². The quantitative estimate of drug-likeness (QED) is 0.874. The summed E-state index contributed by atoms with van der Waals surface area (Å²) < 4.78 is 16.7. The Balaban J connectivity index is 1.63. The summed E-state index contributed by atoms with van der Waals surface area (Å²) in [5, 5.41) is 4.38. The van der Waals surface area contributed by atoms with Gasteiger partial charge in [0.1, 0.15) is 6.33 Å². The van der Waals surface area contributed by atoms with Crippen LogP contribution in [0.3, 0.4) is 0 Å². The van der Waals surface area contributed by atoms with Crippen molar-refractivity contribution in [2.75, 3.05) is 4.90 Å². The lowest BCUT2D eigenvalue weighted by atomic mass is 9.97. The van der Waals surface area contributed by atoms with Crippen molar-refractivity contribution in [3.8, 4) is 0 Å². The maximum absolute atomic E-state index is 14.6. The third-order valence-electron chi connectivity index (χ3n) is 5.03. The van der Waals surface area contributed by atoms with Crippen molar-refractivity contribution in [1.82, 2.24) is 19.7 Å². The third-order valence-corrected chi connectivity index (χ3v) is 5.03. The van der Waals surface area contributed by atoms with Gasteiger partial charge in [0.15, 0.2) is 11.6 Å². The summed E-state index contributed by atoms with van der Waals surface area (Å²) in [7, 11) is 0. The molecule has 2 unspecified atom stereocenters. The number of hydrogen-bond donors (Lipinski definition) is 0. The molecule has 5 nitrogen and oxygen atoms in total. The van der Waals surface area contributed by atoms with E-state index >= 15 is 0 Å². The second kappa shape index (κ2) is 5.34. The van der Waals surface area contributed by atoms with Gasteiger partial charge in [-0.3, -0.25) is 4.68 Å². The van der Waals surface area contributed by atoms with Crippen LogP contribution in [-0.2, 0) is 6.42 Å². The van der Waals surface area contributed by atoms with E-state index in [1.807, 2.05) is 25.4 Å². The fraction of sp³-hybridized carbons (Fsp3) is 0.562. The fourth-order valence-corrected chi connectivity index (χ4v) is 4.03. The Bertz CT molecular complexity index is 643. The zero-order valence-corrected chi connectivity index (χ0v) is 12.7. The predicted molar refractivity (Wildman–Crippen MR) is 81.2 cm³/mol. The van der Waals surface area contributed by atoms with Crippen molar-refractivity contribution >= 4 is 5.82 Å². The molecule has 0 aromatic carbocycles. The highest BCUT2D eigenvalue weighted by Gasteiger charge is 2.43. The molecule has 0 saturated carbocycles. The monoisotopic (exact) mass is 301 g/mol. The number of rotatable bonds is 3. The van der Waals surface area contributed by atoms with E-state index in [1.165, 1.54) is 6.33 Å². The normalized spacial score (nSPS) is 27.4. The number of aromatic nitrogens is 4. The minimum absolute atomic E-state index is 0.237. The fourth-order valence-electron chi connectivity index (χ4n) is 4.03. The highest BCUT2D eigenvalue weighted by atomic mass is 19.1. The van der Waals surface area contributed by atoms with Gasteiger partial charge in [-0.05, 0) is 38.2 Å². The Morgan fingerprint density at radius 2 is 1.95 bits per heavy atom. The first kappa shape index (κ1) is 13.7. The van der Waals surface area contributed by atoms with Gasteiger partial charge >= 0.3 is 0 Å². The Morgan fingerprint density at radius 1 is 1.18 bits per heavy atom. The van der Waals surface area contributed by atoms with Crippen LogP contribution in [0.5, 0.6) is 0 Å². The SMILES string of the molecule is CCc1ncnc(N2C3CCC2CC(n2cccn2)C3)c1F. The van der Waals surface area contributed by atoms with Gasteiger partial charge in [0.2, 0.25) is 0 Å². The maximum atomic E-state index is 14.6. The first-order chi connectivity index (χ1) is 10.8. The maximum Gasteiger partial charge on any atom is 0.187 e. The average molecular weight is 301 g/mol. The first-order valence-corrected chi connectivity index (χ1v) is 8.04. The molecule has 2 fully saturated rings. The predicted octanol–water partition coefficient (Wildman–Crippen LogP) is 2.75. The molecule has 22 heavy (non-hydrogen) atoms. The van der Waals surface area contributed by atoms with Crippen LogP contribution in [0, 0.1) is 5.82 Å². The van der Waals surface area contributed by atoms with Crippen LogP contribution in [-0.4, -0.2) is 31.8 Å². The van der Waals surface area contributed by atoms with Gasteiger partial charge in [0.05, 0.1) is 11.7 Å². The molecule has 2 bridgehead atoms. The number of halogens is 1. The van der Waals surface area contributed by atoms with Crippen LogP contribution in [0.4, 0.5) is 10.2 Å². The minimum atomic E-state index is -0.237. The molecular formula is C16H20FN5. The van der Waals surface area contributed by atoms with Crippen molar-refractivity contribution in [2.45, 2.75) is 57.2 Å². The molecule has 2 aliphatic rings. The minimum Gasteiger partial charge on any atom is -0.348 e. The lowest BCUT2D eigenvalue weighted by Gasteiger charge is -2.39. The molecular weight excluding hydrogens is 281 g/mol. The summed E-state index contributed by atoms with van der Waals surface area (Å²) in [4.78, 5) is 10.5. The van der Waals surface area contributed by atoms with E-state index < -0.39 is 0 Å². The largest absolute Gasteiger partial charge is 0.348 e. The lowest BCUT2D eigenvalue weighted by molar-refractivity contribution is 0.311. The highest BCUT2D eigenvalue weighted by molar-refractivity contribution is 5.46. The van der Waals surface area contributed by atoms with Gasteiger partial charge in [-0.15, -0.1) is 0 Å². The van der Waals surface area contributed by atoms with Gasteiger partial charge in [0, 0.05) is 24.5 Å². The van der Waals surface area contributed by atoms with E-state index in [0.29, 0.717) is 36.1 Å². The van der Waals surface area contributed by atoms with E-state index in [9.17, 15) is 4.39 Å². The molecule has 2 aromatic heterocycles. The Kier molecular flexibility index (Phi) is 3.32. The topological polar surface area (TPSA) is 46.8 Å². The Morgan fingerprint density at radius 3 is 2.59 bits per heavy atom. The second-order valence-electron chi connectivity index (χ2n) is 6.22. The van der Waals surface area contributed by atoms with Gasteiger partial charge in [-0.25, -0.2) is 14.4 Å². The summed E-state index contributed by atoms with van der Waals surface area (Å²) in [6, 6.07) is 3.08. The van der Waals surface area contributed by atoms with Crippen LogP contribution >= 0.6 is 0 Å². The van der Waals surface area contributed by atoms with Crippen LogP contribution < -0.4 is 4.90 Å². The zero-order valence-electron chi connectivity index (χ0n) is 12.7. The molecule has 0 spiro atoms. The molecule has 2 atom stereocenters. The zero-order chi connectivity index (χ0) is 15.1. The molecule has 0 aliphatic carbocycles. The smallest absolute Gasteiger partial charge is 0.187 e. The number of aryl methyl sites for hydroxylation is 1. The molecule has 4 heterocycles. The first-order valence-electron chi connectivity index (χ1n) is 8.04. The van der Waals surface area contributed by atoms with Gasteiger partial charge in [0.25, 0.3) is 0 Å². The number of hydrogen-bond acceptors (Lipinski definition) is 4. The van der Waals surface area contributed by atoms with E-state index in [1.54, 1.807) is 0 Å². The molecule has 4 rings (SSSR count). The molecule has 6 heteroatoms. The van der Waals surface area contributed by atoms with E-state index in [2.05, 4.69) is 24.6 Å². The molecule has 2 aromatic rings. The lowest BCUT2D eigenvalue weighted by Crippen LogP contribution is -2.44. The molecule has 0 amide bonds. The van der Waals surface area contributed by atoms with Gasteiger partial charge in [-0.1, -0.05) is 6.92 Å². The summed E-state index contributed by atoms with van der Waals surface area (Å²) in [5.41, 5.74) is 0.513. The number of anilines is 1. The van der Waals surface area contributed by atoms with Crippen LogP contribution in [0.2, 0.25) is 0 Å². The van der Waals surface area contributed by atoms with Crippen LogP contribution in [0.25, 0.3) is 0 Å². The number of piperidine rings is 1. The van der Waals surface area contributed by atoms with Gasteiger partial charge < -0.3 is 4.90 Å². The average Bonchev–Trinajstić information content (AvgIpc) is 3.14. The molecule has 2 aliphatic heterocycles. The van der Waals surface area contributed by atoms with Crippen molar-refractivity contribution in [3.63, 3.8) is 0 Å². The second-order valence-corrected chi connectivity index (χ2v) is 6.22. The standard InChI is InChI=1S/C16H20FN5/c1-2-14-15(17)16(19-10-18-14)22-11-4-5-12(22)9-13(8-11)21-7-3-6-20-21/h3,6-7,10-13H,2,4-5,8-9H2,1H3. The van der Waals surface area contributed by atoms with E-state index in [4.69, 9.17) is 0 Å². The highest BCUT2D eigenvalue weighted by Crippen LogP contribution is 2.43. The van der Waals surface area contributed by atoms with Crippen LogP contribution in [0.1, 0.15) is 44.3 Å². The summed E-state index contributed by atoms with van der Waals surface area (Å²) in [6.45, 7) is 1.92. The van der Waals surface area contributed by atoms with Crippen molar-refractivity contribution in [1.29, 1.82) is 0 Å². The molecule has 0 radical (unpaired) electrons. The summed E-state index contributed by atoms with van der Waals surface area (Å²) >= 11 is 0.